The van der Waals surface area contributed by atoms with Crippen LogP contribution in [0, 0.1) is 11.2 Å². The van der Waals surface area contributed by atoms with Gasteiger partial charge in [0.15, 0.2) is 17.3 Å². The van der Waals surface area contributed by atoms with Gasteiger partial charge in [-0.2, -0.15) is 0 Å². The van der Waals surface area contributed by atoms with Gasteiger partial charge in [-0.3, -0.25) is 4.79 Å². The Balaban J connectivity index is 2.90. The van der Waals surface area contributed by atoms with Crippen LogP contribution in [0.3, 0.4) is 0 Å². The van der Waals surface area contributed by atoms with Gasteiger partial charge in [-0.05, 0) is 32.4 Å². The summed E-state index contributed by atoms with van der Waals surface area (Å²) in [7, 11) is 0. The second-order valence-corrected chi connectivity index (χ2v) is 4.21. The fourth-order valence-corrected chi connectivity index (χ4v) is 0.960. The number of phenols is 1. The third-order valence-electron chi connectivity index (χ3n) is 2.59. The molecule has 0 aliphatic carbocycles. The van der Waals surface area contributed by atoms with Crippen LogP contribution in [0.25, 0.3) is 0 Å². The lowest BCUT2D eigenvalue weighted by atomic mass is 9.91. The zero-order chi connectivity index (χ0) is 12.3. The lowest BCUT2D eigenvalue weighted by Gasteiger charge is -2.20. The summed E-state index contributed by atoms with van der Waals surface area (Å²) >= 11 is 0. The van der Waals surface area contributed by atoms with E-state index in [9.17, 15) is 14.3 Å². The smallest absolute Gasteiger partial charge is 0.317 e. The highest BCUT2D eigenvalue weighted by molar-refractivity contribution is 5.78. The largest absolute Gasteiger partial charge is 0.502 e. The molecule has 1 aromatic rings. The topological polar surface area (TPSA) is 46.5 Å². The van der Waals surface area contributed by atoms with Gasteiger partial charge in [0.25, 0.3) is 0 Å². The molecular formula is C12H15FO3. The number of carbonyl (C=O) groups excluding carboxylic acids is 1. The SMILES string of the molecule is CCC(C)(C)C(=O)Oc1cccc(F)c1O. The summed E-state index contributed by atoms with van der Waals surface area (Å²) in [5.41, 5.74) is -0.654. The summed E-state index contributed by atoms with van der Waals surface area (Å²) in [6, 6.07) is 3.82. The van der Waals surface area contributed by atoms with E-state index in [-0.39, 0.29) is 5.75 Å². The average Bonchev–Trinajstić information content (AvgIpc) is 2.24. The zero-order valence-corrected chi connectivity index (χ0v) is 9.58. The highest BCUT2D eigenvalue weighted by Gasteiger charge is 2.28. The molecule has 0 fully saturated rings. The lowest BCUT2D eigenvalue weighted by Crippen LogP contribution is -2.28. The fraction of sp³-hybridized carbons (Fsp3) is 0.417. The number of esters is 1. The van der Waals surface area contributed by atoms with Gasteiger partial charge in [0, 0.05) is 0 Å². The van der Waals surface area contributed by atoms with Crippen molar-refractivity contribution in [3.05, 3.63) is 24.0 Å². The molecule has 0 aromatic heterocycles. The molecule has 0 atom stereocenters. The van der Waals surface area contributed by atoms with Gasteiger partial charge in [-0.1, -0.05) is 13.0 Å². The Bertz CT molecular complexity index is 399. The van der Waals surface area contributed by atoms with E-state index in [1.165, 1.54) is 12.1 Å². The maximum atomic E-state index is 13.0. The van der Waals surface area contributed by atoms with Gasteiger partial charge in [0.05, 0.1) is 5.41 Å². The van der Waals surface area contributed by atoms with Crippen molar-refractivity contribution in [1.82, 2.24) is 0 Å². The first-order valence-electron chi connectivity index (χ1n) is 5.08. The van der Waals surface area contributed by atoms with Crippen LogP contribution in [0.5, 0.6) is 11.5 Å². The number of halogens is 1. The molecule has 16 heavy (non-hydrogen) atoms. The van der Waals surface area contributed by atoms with Crippen LogP contribution < -0.4 is 4.74 Å². The van der Waals surface area contributed by atoms with Crippen molar-refractivity contribution in [3.63, 3.8) is 0 Å². The maximum absolute atomic E-state index is 13.0. The third-order valence-corrected chi connectivity index (χ3v) is 2.59. The van der Waals surface area contributed by atoms with Gasteiger partial charge in [-0.25, -0.2) is 4.39 Å². The Morgan fingerprint density at radius 2 is 2.12 bits per heavy atom. The molecule has 0 saturated heterocycles. The van der Waals surface area contributed by atoms with Gasteiger partial charge >= 0.3 is 5.97 Å². The van der Waals surface area contributed by atoms with Crippen molar-refractivity contribution in [2.75, 3.05) is 0 Å². The monoisotopic (exact) mass is 226 g/mol. The normalized spacial score (nSPS) is 11.2. The summed E-state index contributed by atoms with van der Waals surface area (Å²) in [6.07, 6.45) is 0.599. The first kappa shape index (κ1) is 12.5. The van der Waals surface area contributed by atoms with Crippen molar-refractivity contribution < 1.29 is 19.0 Å². The predicted octanol–water partition coefficient (Wildman–Crippen LogP) is 2.87. The Labute approximate surface area is 93.9 Å². The van der Waals surface area contributed by atoms with Crippen LogP contribution in [0.1, 0.15) is 27.2 Å². The Hall–Kier alpha value is -1.58. The highest BCUT2D eigenvalue weighted by Crippen LogP contribution is 2.31. The minimum absolute atomic E-state index is 0.147. The number of phenolic OH excluding ortho intramolecular Hbond substituents is 1. The Morgan fingerprint density at radius 1 is 1.50 bits per heavy atom. The summed E-state index contributed by atoms with van der Waals surface area (Å²) in [5.74, 6) is -2.08. The third kappa shape index (κ3) is 2.51. The molecule has 88 valence electrons. The van der Waals surface area contributed by atoms with Crippen LogP contribution in [0.15, 0.2) is 18.2 Å². The van der Waals surface area contributed by atoms with Crippen molar-refractivity contribution in [2.24, 2.45) is 5.41 Å². The van der Waals surface area contributed by atoms with E-state index in [0.717, 1.165) is 6.07 Å². The molecule has 0 bridgehead atoms. The zero-order valence-electron chi connectivity index (χ0n) is 9.58. The van der Waals surface area contributed by atoms with Crippen molar-refractivity contribution in [3.8, 4) is 11.5 Å². The van der Waals surface area contributed by atoms with Crippen molar-refractivity contribution in [1.29, 1.82) is 0 Å². The van der Waals surface area contributed by atoms with Crippen LogP contribution in [0.2, 0.25) is 0 Å². The van der Waals surface area contributed by atoms with E-state index < -0.39 is 23.0 Å². The minimum Gasteiger partial charge on any atom is -0.502 e. The van der Waals surface area contributed by atoms with Gasteiger partial charge in [-0.15, -0.1) is 0 Å². The van der Waals surface area contributed by atoms with E-state index in [2.05, 4.69) is 0 Å². The summed E-state index contributed by atoms with van der Waals surface area (Å²) in [6.45, 7) is 5.31. The van der Waals surface area contributed by atoms with Gasteiger partial charge in [0.2, 0.25) is 0 Å². The second kappa shape index (κ2) is 4.51. The van der Waals surface area contributed by atoms with E-state index >= 15 is 0 Å². The molecule has 0 radical (unpaired) electrons. The Morgan fingerprint density at radius 3 is 2.69 bits per heavy atom. The van der Waals surface area contributed by atoms with E-state index in [1.807, 2.05) is 6.92 Å². The fourth-order valence-electron chi connectivity index (χ4n) is 0.960. The lowest BCUT2D eigenvalue weighted by molar-refractivity contribution is -0.144. The minimum atomic E-state index is -0.806. The van der Waals surface area contributed by atoms with Crippen molar-refractivity contribution >= 4 is 5.97 Å². The number of hydrogen-bond acceptors (Lipinski definition) is 3. The predicted molar refractivity (Wildman–Crippen MR) is 57.8 cm³/mol. The molecule has 0 unspecified atom stereocenters. The average molecular weight is 226 g/mol. The summed E-state index contributed by atoms with van der Waals surface area (Å²) in [4.78, 5) is 11.7. The molecular weight excluding hydrogens is 211 g/mol. The summed E-state index contributed by atoms with van der Waals surface area (Å²) < 4.78 is 17.9. The number of ether oxygens (including phenoxy) is 1. The number of carbonyl (C=O) groups is 1. The maximum Gasteiger partial charge on any atom is 0.317 e. The number of rotatable bonds is 3. The Kier molecular flexibility index (Phi) is 3.52. The van der Waals surface area contributed by atoms with Gasteiger partial charge < -0.3 is 9.84 Å². The van der Waals surface area contributed by atoms with E-state index in [1.54, 1.807) is 13.8 Å². The molecule has 4 heteroatoms. The van der Waals surface area contributed by atoms with E-state index in [0.29, 0.717) is 6.42 Å². The van der Waals surface area contributed by atoms with Gasteiger partial charge in [0.1, 0.15) is 0 Å². The molecule has 0 aliphatic heterocycles. The number of para-hydroxylation sites is 1. The first-order valence-corrected chi connectivity index (χ1v) is 5.08. The van der Waals surface area contributed by atoms with Crippen LogP contribution in [-0.4, -0.2) is 11.1 Å². The van der Waals surface area contributed by atoms with E-state index in [4.69, 9.17) is 4.74 Å². The molecule has 0 amide bonds. The van der Waals surface area contributed by atoms with Crippen LogP contribution in [-0.2, 0) is 4.79 Å². The molecule has 0 heterocycles. The molecule has 1 N–H and O–H groups in total. The van der Waals surface area contributed by atoms with Crippen LogP contribution in [0.4, 0.5) is 4.39 Å². The standard InChI is InChI=1S/C12H15FO3/c1-4-12(2,3)11(15)16-9-7-5-6-8(13)10(9)14/h5-7,14H,4H2,1-3H3. The molecule has 0 saturated carbocycles. The van der Waals surface area contributed by atoms with Crippen molar-refractivity contribution in [2.45, 2.75) is 27.2 Å². The molecule has 3 nitrogen and oxygen atoms in total. The second-order valence-electron chi connectivity index (χ2n) is 4.21. The molecule has 0 aliphatic rings. The first-order chi connectivity index (χ1) is 7.38. The number of benzene rings is 1. The number of aromatic hydroxyl groups is 1. The molecule has 1 aromatic carbocycles. The quantitative estimate of drug-likeness (QED) is 0.636. The molecule has 1 rings (SSSR count). The highest BCUT2D eigenvalue weighted by atomic mass is 19.1. The summed E-state index contributed by atoms with van der Waals surface area (Å²) in [5, 5.41) is 9.33. The molecule has 0 spiro atoms. The van der Waals surface area contributed by atoms with Crippen LogP contribution >= 0.6 is 0 Å². The number of hydrogen-bond donors (Lipinski definition) is 1.